The minimum atomic E-state index is 0. The van der Waals surface area contributed by atoms with Crippen molar-refractivity contribution in [1.82, 2.24) is 9.97 Å². The standard InChI is InChI=1S/C18H12NO.C11H8N.Ir/c1-12-9-10-19-16(11-12)15-7-4-6-14-13-5-2-3-8-17(13)20-18(14)15;1-2-6-10(7-3-1)11-8-4-5-9-12-11;/h2-6,8-11H,1H3;1-6,8-9H;/q2*-1;. The number of hydrogen-bond acceptors (Lipinski definition) is 3. The molecule has 0 saturated heterocycles. The third-order valence-electron chi connectivity index (χ3n) is 5.16. The van der Waals surface area contributed by atoms with Crippen molar-refractivity contribution < 1.29 is 24.5 Å². The molecule has 1 radical (unpaired) electrons. The van der Waals surface area contributed by atoms with Gasteiger partial charge < -0.3 is 14.4 Å². The van der Waals surface area contributed by atoms with E-state index in [2.05, 4.69) is 41.2 Å². The van der Waals surface area contributed by atoms with Crippen LogP contribution in [0.25, 0.3) is 44.5 Å². The fourth-order valence-electron chi connectivity index (χ4n) is 3.63. The zero-order valence-corrected chi connectivity index (χ0v) is 20.3. The second-order valence-electron chi connectivity index (χ2n) is 7.40. The summed E-state index contributed by atoms with van der Waals surface area (Å²) in [4.78, 5) is 8.66. The van der Waals surface area contributed by atoms with E-state index in [1.807, 2.05) is 85.1 Å². The van der Waals surface area contributed by atoms with Crippen molar-refractivity contribution in [3.05, 3.63) is 121 Å². The third kappa shape index (κ3) is 4.93. The molecule has 0 fully saturated rings. The Morgan fingerprint density at radius 1 is 0.697 bits per heavy atom. The Labute approximate surface area is 206 Å². The van der Waals surface area contributed by atoms with Gasteiger partial charge in [0.15, 0.2) is 0 Å². The molecule has 6 aromatic rings. The average molecular weight is 605 g/mol. The summed E-state index contributed by atoms with van der Waals surface area (Å²) >= 11 is 0. The molecule has 0 aliphatic heterocycles. The maximum atomic E-state index is 6.01. The van der Waals surface area contributed by atoms with Gasteiger partial charge in [-0.3, -0.25) is 0 Å². The van der Waals surface area contributed by atoms with Crippen LogP contribution < -0.4 is 0 Å². The minimum absolute atomic E-state index is 0. The molecule has 163 valence electrons. The van der Waals surface area contributed by atoms with E-state index in [9.17, 15) is 0 Å². The summed E-state index contributed by atoms with van der Waals surface area (Å²) in [5, 5.41) is 2.24. The van der Waals surface area contributed by atoms with E-state index < -0.39 is 0 Å². The average Bonchev–Trinajstić information content (AvgIpc) is 3.24. The minimum Gasteiger partial charge on any atom is -0.501 e. The van der Waals surface area contributed by atoms with Crippen molar-refractivity contribution in [2.75, 3.05) is 0 Å². The summed E-state index contributed by atoms with van der Waals surface area (Å²) in [5.74, 6) is 0. The van der Waals surface area contributed by atoms with Crippen LogP contribution in [-0.2, 0) is 20.1 Å². The zero-order valence-electron chi connectivity index (χ0n) is 18.0. The Balaban J connectivity index is 0.000000172. The van der Waals surface area contributed by atoms with Crippen LogP contribution >= 0.6 is 0 Å². The first-order valence-corrected chi connectivity index (χ1v) is 10.4. The number of rotatable bonds is 2. The van der Waals surface area contributed by atoms with Crippen LogP contribution in [-0.4, -0.2) is 9.97 Å². The fourth-order valence-corrected chi connectivity index (χ4v) is 3.63. The molecule has 3 nitrogen and oxygen atoms in total. The largest absolute Gasteiger partial charge is 0.501 e. The van der Waals surface area contributed by atoms with Gasteiger partial charge in [-0.05, 0) is 36.5 Å². The van der Waals surface area contributed by atoms with E-state index in [4.69, 9.17) is 4.42 Å². The molecule has 6 rings (SSSR count). The summed E-state index contributed by atoms with van der Waals surface area (Å²) < 4.78 is 6.01. The molecule has 3 aromatic heterocycles. The van der Waals surface area contributed by atoms with E-state index in [-0.39, 0.29) is 20.1 Å². The zero-order chi connectivity index (χ0) is 21.8. The second-order valence-corrected chi connectivity index (χ2v) is 7.40. The van der Waals surface area contributed by atoms with Gasteiger partial charge >= 0.3 is 0 Å². The Hall–Kier alpha value is -3.59. The van der Waals surface area contributed by atoms with Crippen LogP contribution in [0.3, 0.4) is 0 Å². The normalized spacial score (nSPS) is 10.3. The summed E-state index contributed by atoms with van der Waals surface area (Å²) in [7, 11) is 0. The maximum absolute atomic E-state index is 6.01. The van der Waals surface area contributed by atoms with Crippen LogP contribution in [0.15, 0.2) is 108 Å². The summed E-state index contributed by atoms with van der Waals surface area (Å²) in [6.45, 7) is 2.06. The number of furan rings is 1. The van der Waals surface area contributed by atoms with Crippen molar-refractivity contribution in [2.45, 2.75) is 6.92 Å². The summed E-state index contributed by atoms with van der Waals surface area (Å²) in [5.41, 5.74) is 6.76. The summed E-state index contributed by atoms with van der Waals surface area (Å²) in [6, 6.07) is 36.2. The topological polar surface area (TPSA) is 38.9 Å². The van der Waals surface area contributed by atoms with Gasteiger partial charge in [-0.2, -0.15) is 0 Å². The Morgan fingerprint density at radius 2 is 1.52 bits per heavy atom. The molecule has 4 heteroatoms. The third-order valence-corrected chi connectivity index (χ3v) is 5.16. The molecule has 0 bridgehead atoms. The fraction of sp³-hybridized carbons (Fsp3) is 0.0345. The van der Waals surface area contributed by atoms with E-state index in [1.165, 1.54) is 5.56 Å². The first-order chi connectivity index (χ1) is 15.8. The summed E-state index contributed by atoms with van der Waals surface area (Å²) in [6.07, 6.45) is 3.61. The first-order valence-electron chi connectivity index (χ1n) is 10.4. The SMILES string of the molecule is Cc1ccnc(-c2[c-]ccc3c2oc2ccccc23)c1.[Ir].[c-]1ccccc1-c1ccccn1. The maximum Gasteiger partial charge on any atom is 0.120 e. The molecule has 3 aromatic carbocycles. The van der Waals surface area contributed by atoms with Gasteiger partial charge in [-0.15, -0.1) is 54.1 Å². The molecule has 0 saturated carbocycles. The number of para-hydroxylation sites is 1. The number of nitrogens with zero attached hydrogens (tertiary/aromatic N) is 2. The van der Waals surface area contributed by atoms with Gasteiger partial charge in [-0.1, -0.05) is 52.9 Å². The van der Waals surface area contributed by atoms with Gasteiger partial charge in [0.1, 0.15) is 5.58 Å². The Bertz CT molecular complexity index is 1440. The molecule has 3 heterocycles. The van der Waals surface area contributed by atoms with Crippen molar-refractivity contribution in [3.63, 3.8) is 0 Å². The number of benzene rings is 3. The van der Waals surface area contributed by atoms with E-state index in [1.54, 1.807) is 6.20 Å². The number of hydrogen-bond donors (Lipinski definition) is 0. The Morgan fingerprint density at radius 3 is 2.30 bits per heavy atom. The first kappa shape index (κ1) is 22.6. The molecule has 33 heavy (non-hydrogen) atoms. The number of fused-ring (bicyclic) bond motifs is 3. The predicted molar refractivity (Wildman–Crippen MR) is 129 cm³/mol. The van der Waals surface area contributed by atoms with Gasteiger partial charge in [0.25, 0.3) is 0 Å². The van der Waals surface area contributed by atoms with Gasteiger partial charge in [-0.25, -0.2) is 0 Å². The quantitative estimate of drug-likeness (QED) is 0.195. The molecule has 0 N–H and O–H groups in total. The molecule has 0 aliphatic carbocycles. The monoisotopic (exact) mass is 605 g/mol. The molecular weight excluding hydrogens is 585 g/mol. The van der Waals surface area contributed by atoms with Crippen molar-refractivity contribution in [3.8, 4) is 22.5 Å². The molecular formula is C29H20IrN2O-2. The second kappa shape index (κ2) is 10.4. The van der Waals surface area contributed by atoms with E-state index in [0.29, 0.717) is 0 Å². The van der Waals surface area contributed by atoms with Crippen LogP contribution in [0, 0.1) is 19.1 Å². The van der Waals surface area contributed by atoms with Gasteiger partial charge in [0, 0.05) is 37.9 Å². The number of aromatic nitrogens is 2. The van der Waals surface area contributed by atoms with Crippen LogP contribution in [0.4, 0.5) is 0 Å². The van der Waals surface area contributed by atoms with E-state index in [0.717, 1.165) is 44.5 Å². The van der Waals surface area contributed by atoms with Gasteiger partial charge in [0.05, 0.1) is 5.58 Å². The van der Waals surface area contributed by atoms with Gasteiger partial charge in [0.2, 0.25) is 0 Å². The van der Waals surface area contributed by atoms with Crippen molar-refractivity contribution in [2.24, 2.45) is 0 Å². The molecule has 0 atom stereocenters. The van der Waals surface area contributed by atoms with Crippen LogP contribution in [0.1, 0.15) is 5.56 Å². The number of pyridine rings is 2. The smallest absolute Gasteiger partial charge is 0.120 e. The molecule has 0 amide bonds. The Kier molecular flexibility index (Phi) is 7.09. The van der Waals surface area contributed by atoms with Crippen molar-refractivity contribution >= 4 is 21.9 Å². The van der Waals surface area contributed by atoms with Crippen molar-refractivity contribution in [1.29, 1.82) is 0 Å². The molecule has 0 unspecified atom stereocenters. The van der Waals surface area contributed by atoms with Crippen LogP contribution in [0.5, 0.6) is 0 Å². The van der Waals surface area contributed by atoms with Crippen LogP contribution in [0.2, 0.25) is 0 Å². The van der Waals surface area contributed by atoms with E-state index >= 15 is 0 Å². The molecule has 0 spiro atoms. The predicted octanol–water partition coefficient (Wildman–Crippen LogP) is 7.30. The molecule has 0 aliphatic rings. The number of aryl methyl sites for hydroxylation is 1.